The van der Waals surface area contributed by atoms with Crippen LogP contribution in [0.2, 0.25) is 0 Å². The molecule has 0 spiro atoms. The highest BCUT2D eigenvalue weighted by molar-refractivity contribution is 5.45. The molecular formula is C16H18O2. The molecule has 1 atom stereocenters. The summed E-state index contributed by atoms with van der Waals surface area (Å²) in [5.74, 6) is 0.439. The molecule has 0 bridgehead atoms. The van der Waals surface area contributed by atoms with Crippen molar-refractivity contribution >= 4 is 0 Å². The molecule has 0 radical (unpaired) electrons. The lowest BCUT2D eigenvalue weighted by atomic mass is 9.87. The van der Waals surface area contributed by atoms with Crippen LogP contribution < -0.4 is 0 Å². The molecule has 2 nitrogen and oxygen atoms in total. The smallest absolute Gasteiger partial charge is 0.123 e. The van der Waals surface area contributed by atoms with Crippen LogP contribution in [0.1, 0.15) is 36.8 Å². The Balaban J connectivity index is 2.41. The van der Waals surface area contributed by atoms with Crippen molar-refractivity contribution < 1.29 is 10.2 Å². The molecule has 1 unspecified atom stereocenters. The van der Waals surface area contributed by atoms with E-state index in [1.54, 1.807) is 12.1 Å². The molecule has 0 saturated heterocycles. The van der Waals surface area contributed by atoms with Gasteiger partial charge in [-0.2, -0.15) is 0 Å². The molecule has 2 N–H and O–H groups in total. The van der Waals surface area contributed by atoms with Gasteiger partial charge in [-0.3, -0.25) is 0 Å². The van der Waals surface area contributed by atoms with Crippen LogP contribution in [0, 0.1) is 0 Å². The summed E-state index contributed by atoms with van der Waals surface area (Å²) in [5, 5.41) is 19.3. The molecule has 0 saturated carbocycles. The number of hydrogen-bond acceptors (Lipinski definition) is 2. The molecule has 18 heavy (non-hydrogen) atoms. The van der Waals surface area contributed by atoms with Crippen molar-refractivity contribution in [2.24, 2.45) is 0 Å². The number of benzene rings is 2. The van der Waals surface area contributed by atoms with Gasteiger partial charge < -0.3 is 10.2 Å². The first-order valence-corrected chi connectivity index (χ1v) is 6.29. The number of rotatable bonds is 4. The zero-order valence-corrected chi connectivity index (χ0v) is 10.5. The monoisotopic (exact) mass is 242 g/mol. The molecule has 2 aromatic carbocycles. The van der Waals surface area contributed by atoms with E-state index < -0.39 is 0 Å². The van der Waals surface area contributed by atoms with E-state index in [1.807, 2.05) is 18.2 Å². The van der Waals surface area contributed by atoms with E-state index in [0.717, 1.165) is 18.4 Å². The SMILES string of the molecule is CCCC(c1ccccc1)c1ccc(O)cc1O. The standard InChI is InChI=1S/C16H18O2/c1-2-6-14(12-7-4-3-5-8-12)15-10-9-13(17)11-16(15)18/h3-5,7-11,14,17-18H,2,6H2,1H3. The fourth-order valence-electron chi connectivity index (χ4n) is 2.30. The van der Waals surface area contributed by atoms with Crippen molar-refractivity contribution in [3.8, 4) is 11.5 Å². The van der Waals surface area contributed by atoms with Crippen molar-refractivity contribution in [3.63, 3.8) is 0 Å². The van der Waals surface area contributed by atoms with Crippen LogP contribution in [0.5, 0.6) is 11.5 Å². The Hall–Kier alpha value is -1.96. The average Bonchev–Trinajstić information content (AvgIpc) is 2.38. The molecule has 2 rings (SSSR count). The van der Waals surface area contributed by atoms with Gasteiger partial charge in [-0.1, -0.05) is 49.7 Å². The van der Waals surface area contributed by atoms with Crippen molar-refractivity contribution in [2.75, 3.05) is 0 Å². The van der Waals surface area contributed by atoms with Gasteiger partial charge in [-0.25, -0.2) is 0 Å². The van der Waals surface area contributed by atoms with Crippen molar-refractivity contribution in [2.45, 2.75) is 25.7 Å². The summed E-state index contributed by atoms with van der Waals surface area (Å²) >= 11 is 0. The zero-order chi connectivity index (χ0) is 13.0. The van der Waals surface area contributed by atoms with E-state index in [4.69, 9.17) is 0 Å². The first kappa shape index (κ1) is 12.5. The van der Waals surface area contributed by atoms with Gasteiger partial charge in [0.25, 0.3) is 0 Å². The molecule has 0 amide bonds. The number of aromatic hydroxyl groups is 2. The quantitative estimate of drug-likeness (QED) is 0.849. The lowest BCUT2D eigenvalue weighted by Crippen LogP contribution is -2.01. The number of phenols is 2. The summed E-state index contributed by atoms with van der Waals surface area (Å²) in [6.45, 7) is 2.13. The van der Waals surface area contributed by atoms with Gasteiger partial charge in [0.1, 0.15) is 11.5 Å². The number of hydrogen-bond donors (Lipinski definition) is 2. The van der Waals surface area contributed by atoms with Gasteiger partial charge in [-0.05, 0) is 18.1 Å². The van der Waals surface area contributed by atoms with Crippen LogP contribution in [-0.4, -0.2) is 10.2 Å². The molecule has 0 heterocycles. The second kappa shape index (κ2) is 5.58. The van der Waals surface area contributed by atoms with Crippen molar-refractivity contribution in [3.05, 3.63) is 59.7 Å². The van der Waals surface area contributed by atoms with E-state index in [0.29, 0.717) is 0 Å². The highest BCUT2D eigenvalue weighted by atomic mass is 16.3. The Morgan fingerprint density at radius 2 is 1.72 bits per heavy atom. The molecule has 0 aromatic heterocycles. The summed E-state index contributed by atoms with van der Waals surface area (Å²) in [7, 11) is 0. The molecule has 0 aliphatic carbocycles. The Kier molecular flexibility index (Phi) is 3.88. The summed E-state index contributed by atoms with van der Waals surface area (Å²) in [5.41, 5.74) is 2.07. The molecule has 2 heteroatoms. The Morgan fingerprint density at radius 3 is 2.33 bits per heavy atom. The summed E-state index contributed by atoms with van der Waals surface area (Å²) in [4.78, 5) is 0. The van der Waals surface area contributed by atoms with E-state index in [-0.39, 0.29) is 17.4 Å². The van der Waals surface area contributed by atoms with Gasteiger partial charge in [0.2, 0.25) is 0 Å². The Bertz CT molecular complexity index is 506. The van der Waals surface area contributed by atoms with Crippen LogP contribution in [0.15, 0.2) is 48.5 Å². The Labute approximate surface area is 108 Å². The molecule has 0 aliphatic heterocycles. The highest BCUT2D eigenvalue weighted by Gasteiger charge is 2.16. The lowest BCUT2D eigenvalue weighted by molar-refractivity contribution is 0.442. The fourth-order valence-corrected chi connectivity index (χ4v) is 2.30. The second-order valence-corrected chi connectivity index (χ2v) is 4.50. The third-order valence-corrected chi connectivity index (χ3v) is 3.17. The normalized spacial score (nSPS) is 12.3. The maximum Gasteiger partial charge on any atom is 0.123 e. The predicted octanol–water partition coefficient (Wildman–Crippen LogP) is 4.03. The minimum atomic E-state index is 0.0968. The van der Waals surface area contributed by atoms with E-state index in [2.05, 4.69) is 19.1 Å². The average molecular weight is 242 g/mol. The molecule has 0 fully saturated rings. The van der Waals surface area contributed by atoms with Crippen LogP contribution in [0.4, 0.5) is 0 Å². The molecule has 2 aromatic rings. The summed E-state index contributed by atoms with van der Waals surface area (Å²) < 4.78 is 0. The summed E-state index contributed by atoms with van der Waals surface area (Å²) in [6, 6.07) is 15.0. The maximum absolute atomic E-state index is 9.99. The van der Waals surface area contributed by atoms with Gasteiger partial charge >= 0.3 is 0 Å². The van der Waals surface area contributed by atoms with Crippen molar-refractivity contribution in [1.82, 2.24) is 0 Å². The van der Waals surface area contributed by atoms with Crippen molar-refractivity contribution in [1.29, 1.82) is 0 Å². The van der Waals surface area contributed by atoms with Gasteiger partial charge in [-0.15, -0.1) is 0 Å². The van der Waals surface area contributed by atoms with Gasteiger partial charge in [0.15, 0.2) is 0 Å². The van der Waals surface area contributed by atoms with Crippen LogP contribution in [0.3, 0.4) is 0 Å². The first-order valence-electron chi connectivity index (χ1n) is 6.29. The minimum Gasteiger partial charge on any atom is -0.508 e. The summed E-state index contributed by atoms with van der Waals surface area (Å²) in [6.07, 6.45) is 2.02. The highest BCUT2D eigenvalue weighted by Crippen LogP contribution is 2.36. The maximum atomic E-state index is 9.99. The number of phenolic OH excluding ortho intramolecular Hbond substituents is 2. The zero-order valence-electron chi connectivity index (χ0n) is 10.5. The van der Waals surface area contributed by atoms with Gasteiger partial charge in [0.05, 0.1) is 0 Å². The topological polar surface area (TPSA) is 40.5 Å². The van der Waals surface area contributed by atoms with E-state index >= 15 is 0 Å². The van der Waals surface area contributed by atoms with Gasteiger partial charge in [0, 0.05) is 17.5 Å². The largest absolute Gasteiger partial charge is 0.508 e. The molecule has 0 aliphatic rings. The third kappa shape index (κ3) is 2.65. The third-order valence-electron chi connectivity index (χ3n) is 3.17. The fraction of sp³-hybridized carbons (Fsp3) is 0.250. The van der Waals surface area contributed by atoms with E-state index in [9.17, 15) is 10.2 Å². The van der Waals surface area contributed by atoms with E-state index in [1.165, 1.54) is 11.6 Å². The van der Waals surface area contributed by atoms with Crippen LogP contribution >= 0.6 is 0 Å². The predicted molar refractivity (Wildman–Crippen MR) is 73.0 cm³/mol. The first-order chi connectivity index (χ1) is 8.72. The molecule has 94 valence electrons. The lowest BCUT2D eigenvalue weighted by Gasteiger charge is -2.18. The van der Waals surface area contributed by atoms with Crippen LogP contribution in [-0.2, 0) is 0 Å². The second-order valence-electron chi connectivity index (χ2n) is 4.50. The Morgan fingerprint density at radius 1 is 1.00 bits per heavy atom. The minimum absolute atomic E-state index is 0.0968. The van der Waals surface area contributed by atoms with Crippen LogP contribution in [0.25, 0.3) is 0 Å². The molecular weight excluding hydrogens is 224 g/mol.